The Bertz CT molecular complexity index is 349. The highest BCUT2D eigenvalue weighted by molar-refractivity contribution is 5.08. The van der Waals surface area contributed by atoms with E-state index >= 15 is 0 Å². The van der Waals surface area contributed by atoms with Gasteiger partial charge in [0.1, 0.15) is 0 Å². The molecule has 0 aromatic rings. The van der Waals surface area contributed by atoms with Gasteiger partial charge >= 0.3 is 0 Å². The van der Waals surface area contributed by atoms with E-state index in [0.717, 1.165) is 0 Å². The summed E-state index contributed by atoms with van der Waals surface area (Å²) in [4.78, 5) is 0. The maximum absolute atomic E-state index is 3.67. The smallest absolute Gasteiger partial charge is 0.0348 e. The maximum atomic E-state index is 3.67. The Morgan fingerprint density at radius 1 is 0.414 bits per heavy atom. The minimum absolute atomic E-state index is 1.22. The average molecular weight is 403 g/mol. The summed E-state index contributed by atoms with van der Waals surface area (Å²) in [5, 5.41) is 0. The quantitative estimate of drug-likeness (QED) is 0.111. The van der Waals surface area contributed by atoms with Crippen molar-refractivity contribution < 1.29 is 0 Å². The van der Waals surface area contributed by atoms with E-state index in [1.54, 1.807) is 0 Å². The van der Waals surface area contributed by atoms with Crippen molar-refractivity contribution in [2.75, 3.05) is 0 Å². The first-order chi connectivity index (χ1) is 14.4. The summed E-state index contributed by atoms with van der Waals surface area (Å²) in [5.41, 5.74) is 0. The first-order valence-electron chi connectivity index (χ1n) is 13.4. The number of rotatable bonds is 24. The molecule has 0 nitrogen and oxygen atoms in total. The normalized spacial score (nSPS) is 11.8. The lowest BCUT2D eigenvalue weighted by atomic mass is 10.0. The molecule has 0 saturated heterocycles. The van der Waals surface area contributed by atoms with Gasteiger partial charge in [0, 0.05) is 0 Å². The van der Waals surface area contributed by atoms with E-state index in [4.69, 9.17) is 0 Å². The summed E-state index contributed by atoms with van der Waals surface area (Å²) >= 11 is 0. The molecule has 0 amide bonds. The molecule has 0 aliphatic rings. The monoisotopic (exact) mass is 402 g/mol. The van der Waals surface area contributed by atoms with Crippen molar-refractivity contribution in [1.29, 1.82) is 0 Å². The standard InChI is InChI=1S/C29H54/c1-3-5-7-9-11-13-15-17-19-21-23-25-27-29-28-26-24-22-20-18-16-14-12-10-8-6-4-2/h3,5,7,9,11H,1,4,6,8,10,12-29H2,2H3. The summed E-state index contributed by atoms with van der Waals surface area (Å²) in [7, 11) is 0. The fraction of sp³-hybridized carbons (Fsp3) is 0.793. The summed E-state index contributed by atoms with van der Waals surface area (Å²) in [6.45, 7) is 5.97. The first kappa shape index (κ1) is 28.2. The molecule has 0 saturated carbocycles. The largest absolute Gasteiger partial charge is 0.0991 e. The van der Waals surface area contributed by atoms with Gasteiger partial charge in [0.25, 0.3) is 0 Å². The van der Waals surface area contributed by atoms with Crippen molar-refractivity contribution in [3.63, 3.8) is 0 Å². The maximum Gasteiger partial charge on any atom is -0.0348 e. The summed E-state index contributed by atoms with van der Waals surface area (Å²) in [6, 6.07) is 0. The van der Waals surface area contributed by atoms with Gasteiger partial charge in [-0.15, -0.1) is 0 Å². The molecule has 0 unspecified atom stereocenters. The highest BCUT2D eigenvalue weighted by Crippen LogP contribution is 2.15. The Hall–Kier alpha value is -0.780. The second kappa shape index (κ2) is 27.2. The SMILES string of the molecule is C=CC=CC=CCCCCCCCCCCCCCCCCCCCCCCC. The van der Waals surface area contributed by atoms with E-state index in [1.807, 2.05) is 12.2 Å². The number of allylic oxidation sites excluding steroid dienone is 5. The Labute approximate surface area is 185 Å². The van der Waals surface area contributed by atoms with E-state index in [2.05, 4.69) is 31.7 Å². The van der Waals surface area contributed by atoms with Crippen molar-refractivity contribution in [2.24, 2.45) is 0 Å². The van der Waals surface area contributed by atoms with Crippen LogP contribution in [0.3, 0.4) is 0 Å². The Balaban J connectivity index is 3.04. The highest BCUT2D eigenvalue weighted by atomic mass is 14.0. The molecular weight excluding hydrogens is 348 g/mol. The molecule has 0 radical (unpaired) electrons. The number of hydrogen-bond acceptors (Lipinski definition) is 0. The molecule has 0 aromatic carbocycles. The van der Waals surface area contributed by atoms with Gasteiger partial charge in [-0.3, -0.25) is 0 Å². The Morgan fingerprint density at radius 3 is 1.10 bits per heavy atom. The van der Waals surface area contributed by atoms with Gasteiger partial charge in [0.05, 0.1) is 0 Å². The lowest BCUT2D eigenvalue weighted by Gasteiger charge is -2.04. The van der Waals surface area contributed by atoms with Crippen LogP contribution in [0.15, 0.2) is 37.0 Å². The predicted octanol–water partition coefficient (Wildman–Crippen LogP) is 10.9. The highest BCUT2D eigenvalue weighted by Gasteiger charge is 1.95. The second-order valence-electron chi connectivity index (χ2n) is 8.91. The van der Waals surface area contributed by atoms with Gasteiger partial charge in [-0.05, 0) is 12.8 Å². The van der Waals surface area contributed by atoms with Crippen LogP contribution in [0.2, 0.25) is 0 Å². The summed E-state index contributed by atoms with van der Waals surface area (Å²) in [6.07, 6.45) is 42.0. The van der Waals surface area contributed by atoms with Crippen LogP contribution in [0.1, 0.15) is 148 Å². The molecule has 0 heterocycles. The Kier molecular flexibility index (Phi) is 26.5. The minimum Gasteiger partial charge on any atom is -0.0991 e. The third kappa shape index (κ3) is 27.2. The van der Waals surface area contributed by atoms with E-state index in [9.17, 15) is 0 Å². The zero-order valence-electron chi connectivity index (χ0n) is 20.2. The van der Waals surface area contributed by atoms with Crippen molar-refractivity contribution in [3.05, 3.63) is 37.0 Å². The van der Waals surface area contributed by atoms with E-state index in [0.29, 0.717) is 0 Å². The summed E-state index contributed by atoms with van der Waals surface area (Å²) < 4.78 is 0. The average Bonchev–Trinajstić information content (AvgIpc) is 2.74. The second-order valence-corrected chi connectivity index (χ2v) is 8.91. The molecular formula is C29H54. The molecule has 170 valence electrons. The zero-order chi connectivity index (χ0) is 21.1. The van der Waals surface area contributed by atoms with Gasteiger partial charge in [-0.2, -0.15) is 0 Å². The molecule has 0 aliphatic heterocycles. The van der Waals surface area contributed by atoms with Crippen LogP contribution in [0.5, 0.6) is 0 Å². The number of unbranched alkanes of at least 4 members (excludes halogenated alkanes) is 21. The molecule has 0 fully saturated rings. The molecule has 0 N–H and O–H groups in total. The molecule has 0 rings (SSSR count). The fourth-order valence-electron chi connectivity index (χ4n) is 4.01. The molecule has 0 bridgehead atoms. The zero-order valence-corrected chi connectivity index (χ0v) is 20.2. The van der Waals surface area contributed by atoms with Crippen LogP contribution in [-0.2, 0) is 0 Å². The van der Waals surface area contributed by atoms with Crippen molar-refractivity contribution >= 4 is 0 Å². The molecule has 0 spiro atoms. The first-order valence-corrected chi connectivity index (χ1v) is 13.4. The van der Waals surface area contributed by atoms with Crippen LogP contribution in [0, 0.1) is 0 Å². The molecule has 0 aromatic heterocycles. The van der Waals surface area contributed by atoms with Crippen LogP contribution >= 0.6 is 0 Å². The van der Waals surface area contributed by atoms with Crippen LogP contribution in [0.4, 0.5) is 0 Å². The van der Waals surface area contributed by atoms with E-state index in [1.165, 1.54) is 141 Å². The molecule has 29 heavy (non-hydrogen) atoms. The third-order valence-electron chi connectivity index (χ3n) is 5.97. The lowest BCUT2D eigenvalue weighted by Crippen LogP contribution is -1.84. The van der Waals surface area contributed by atoms with Gasteiger partial charge in [-0.1, -0.05) is 172 Å². The fourth-order valence-corrected chi connectivity index (χ4v) is 4.01. The predicted molar refractivity (Wildman–Crippen MR) is 136 cm³/mol. The van der Waals surface area contributed by atoms with Crippen molar-refractivity contribution in [2.45, 2.75) is 148 Å². The van der Waals surface area contributed by atoms with Gasteiger partial charge in [0.2, 0.25) is 0 Å². The lowest BCUT2D eigenvalue weighted by molar-refractivity contribution is 0.520. The molecule has 0 heteroatoms. The Morgan fingerprint density at radius 2 is 0.759 bits per heavy atom. The molecule has 0 atom stereocenters. The van der Waals surface area contributed by atoms with Crippen LogP contribution in [-0.4, -0.2) is 0 Å². The minimum atomic E-state index is 1.22. The van der Waals surface area contributed by atoms with Crippen molar-refractivity contribution in [3.8, 4) is 0 Å². The van der Waals surface area contributed by atoms with Gasteiger partial charge < -0.3 is 0 Å². The number of hydrogen-bond donors (Lipinski definition) is 0. The third-order valence-corrected chi connectivity index (χ3v) is 5.97. The van der Waals surface area contributed by atoms with Gasteiger partial charge in [0.15, 0.2) is 0 Å². The van der Waals surface area contributed by atoms with Crippen LogP contribution < -0.4 is 0 Å². The van der Waals surface area contributed by atoms with Crippen LogP contribution in [0.25, 0.3) is 0 Å². The van der Waals surface area contributed by atoms with Crippen molar-refractivity contribution in [1.82, 2.24) is 0 Å². The van der Waals surface area contributed by atoms with E-state index in [-0.39, 0.29) is 0 Å². The summed E-state index contributed by atoms with van der Waals surface area (Å²) in [5.74, 6) is 0. The topological polar surface area (TPSA) is 0 Å². The van der Waals surface area contributed by atoms with E-state index < -0.39 is 0 Å². The van der Waals surface area contributed by atoms with Gasteiger partial charge in [-0.25, -0.2) is 0 Å². The molecule has 0 aliphatic carbocycles.